The molecule has 1 fully saturated rings. The van der Waals surface area contributed by atoms with Gasteiger partial charge in [0.1, 0.15) is 11.9 Å². The zero-order chi connectivity index (χ0) is 18.1. The van der Waals surface area contributed by atoms with Crippen LogP contribution in [0.4, 0.5) is 0 Å². The van der Waals surface area contributed by atoms with Crippen LogP contribution in [0.1, 0.15) is 60.9 Å². The number of hydrogen-bond acceptors (Lipinski definition) is 3. The second kappa shape index (κ2) is 7.42. The molecule has 4 rings (SSSR count). The van der Waals surface area contributed by atoms with Gasteiger partial charge in [0.2, 0.25) is 0 Å². The molecule has 3 nitrogen and oxygen atoms in total. The van der Waals surface area contributed by atoms with Crippen molar-refractivity contribution in [2.75, 3.05) is 6.54 Å². The van der Waals surface area contributed by atoms with Crippen molar-refractivity contribution < 1.29 is 4.74 Å². The largest absolute Gasteiger partial charge is 0.489 e. The lowest BCUT2D eigenvalue weighted by molar-refractivity contribution is 0.229. The van der Waals surface area contributed by atoms with Crippen LogP contribution in [0.15, 0.2) is 42.5 Å². The monoisotopic (exact) mass is 350 g/mol. The van der Waals surface area contributed by atoms with E-state index in [1.807, 2.05) is 0 Å². The smallest absolute Gasteiger partial charge is 0.128 e. The van der Waals surface area contributed by atoms with E-state index >= 15 is 0 Å². The Morgan fingerprint density at radius 1 is 1.12 bits per heavy atom. The van der Waals surface area contributed by atoms with Gasteiger partial charge in [-0.15, -0.1) is 0 Å². The van der Waals surface area contributed by atoms with Crippen LogP contribution in [0, 0.1) is 6.92 Å². The van der Waals surface area contributed by atoms with Crippen molar-refractivity contribution in [3.8, 4) is 5.75 Å². The van der Waals surface area contributed by atoms with Gasteiger partial charge in [0.25, 0.3) is 0 Å². The first-order chi connectivity index (χ1) is 12.6. The van der Waals surface area contributed by atoms with Gasteiger partial charge in [-0.3, -0.25) is 0 Å². The van der Waals surface area contributed by atoms with Gasteiger partial charge in [-0.25, -0.2) is 0 Å². The maximum absolute atomic E-state index is 6.23. The minimum Gasteiger partial charge on any atom is -0.489 e. The fourth-order valence-corrected chi connectivity index (χ4v) is 4.47. The maximum Gasteiger partial charge on any atom is 0.128 e. The molecule has 0 spiro atoms. The molecule has 2 aliphatic rings. The van der Waals surface area contributed by atoms with E-state index in [0.29, 0.717) is 18.0 Å². The van der Waals surface area contributed by atoms with Crippen LogP contribution < -0.4 is 15.4 Å². The second-order valence-electron chi connectivity index (χ2n) is 7.87. The average molecular weight is 351 g/mol. The summed E-state index contributed by atoms with van der Waals surface area (Å²) in [4.78, 5) is 0. The summed E-state index contributed by atoms with van der Waals surface area (Å²) < 4.78 is 6.23. The normalized spacial score (nSPS) is 27.8. The molecule has 138 valence electrons. The van der Waals surface area contributed by atoms with Crippen LogP contribution in [-0.2, 0) is 6.54 Å². The summed E-state index contributed by atoms with van der Waals surface area (Å²) >= 11 is 0. The zero-order valence-corrected chi connectivity index (χ0v) is 16.1. The van der Waals surface area contributed by atoms with Gasteiger partial charge in [0.05, 0.1) is 0 Å². The topological polar surface area (TPSA) is 33.3 Å². The van der Waals surface area contributed by atoms with Gasteiger partial charge in [-0.1, -0.05) is 49.4 Å². The van der Waals surface area contributed by atoms with E-state index < -0.39 is 0 Å². The van der Waals surface area contributed by atoms with E-state index in [4.69, 9.17) is 4.74 Å². The number of aryl methyl sites for hydroxylation is 1. The molecule has 0 aromatic heterocycles. The van der Waals surface area contributed by atoms with E-state index in [0.717, 1.165) is 18.8 Å². The third-order valence-electron chi connectivity index (χ3n) is 6.13. The van der Waals surface area contributed by atoms with E-state index in [9.17, 15) is 0 Å². The first-order valence-electron chi connectivity index (χ1n) is 9.96. The number of nitrogens with one attached hydrogen (secondary N) is 2. The number of hydrogen-bond donors (Lipinski definition) is 2. The summed E-state index contributed by atoms with van der Waals surface area (Å²) in [5, 5.41) is 7.53. The van der Waals surface area contributed by atoms with Gasteiger partial charge >= 0.3 is 0 Å². The SMILES string of the molecule is Cc1ccc(CN[C@H]2CCCN[C@H]2c2ccccc2)c2c1C(C)C(C)O2. The van der Waals surface area contributed by atoms with Crippen LogP contribution in [0.5, 0.6) is 5.75 Å². The van der Waals surface area contributed by atoms with Crippen molar-refractivity contribution in [3.63, 3.8) is 0 Å². The molecule has 2 N–H and O–H groups in total. The Morgan fingerprint density at radius 2 is 1.92 bits per heavy atom. The second-order valence-corrected chi connectivity index (χ2v) is 7.87. The van der Waals surface area contributed by atoms with Crippen molar-refractivity contribution in [2.45, 2.75) is 64.3 Å². The minimum absolute atomic E-state index is 0.262. The van der Waals surface area contributed by atoms with Crippen molar-refractivity contribution in [1.82, 2.24) is 10.6 Å². The molecule has 2 aliphatic heterocycles. The maximum atomic E-state index is 6.23. The third-order valence-corrected chi connectivity index (χ3v) is 6.13. The molecule has 4 atom stereocenters. The first-order valence-corrected chi connectivity index (χ1v) is 9.96. The molecule has 3 heteroatoms. The van der Waals surface area contributed by atoms with Crippen LogP contribution in [-0.4, -0.2) is 18.7 Å². The van der Waals surface area contributed by atoms with Gasteiger partial charge in [-0.05, 0) is 44.4 Å². The van der Waals surface area contributed by atoms with Gasteiger partial charge in [0.15, 0.2) is 0 Å². The highest BCUT2D eigenvalue weighted by Crippen LogP contribution is 2.42. The summed E-state index contributed by atoms with van der Waals surface area (Å²) in [7, 11) is 0. The van der Waals surface area contributed by atoms with Crippen molar-refractivity contribution in [2.24, 2.45) is 0 Å². The molecule has 2 aromatic carbocycles. The Hall–Kier alpha value is -1.84. The van der Waals surface area contributed by atoms with Crippen molar-refractivity contribution in [3.05, 3.63) is 64.7 Å². The lowest BCUT2D eigenvalue weighted by Gasteiger charge is -2.34. The van der Waals surface area contributed by atoms with Crippen LogP contribution in [0.2, 0.25) is 0 Å². The number of benzene rings is 2. The van der Waals surface area contributed by atoms with Crippen LogP contribution >= 0.6 is 0 Å². The van der Waals surface area contributed by atoms with Gasteiger partial charge in [0, 0.05) is 35.7 Å². The van der Waals surface area contributed by atoms with Gasteiger partial charge < -0.3 is 15.4 Å². The van der Waals surface area contributed by atoms with E-state index in [1.165, 1.54) is 35.1 Å². The first kappa shape index (κ1) is 17.6. The zero-order valence-electron chi connectivity index (χ0n) is 16.1. The summed E-state index contributed by atoms with van der Waals surface area (Å²) in [5.41, 5.74) is 5.41. The Bertz CT molecular complexity index is 758. The summed E-state index contributed by atoms with van der Waals surface area (Å²) in [5.74, 6) is 1.59. The van der Waals surface area contributed by atoms with Crippen LogP contribution in [0.3, 0.4) is 0 Å². The fourth-order valence-electron chi connectivity index (χ4n) is 4.47. The standard InChI is InChI=1S/C23H30N2O/c1-15-11-12-19(23-21(15)16(2)17(3)26-23)14-25-20-10-7-13-24-22(20)18-8-5-4-6-9-18/h4-6,8-9,11-12,16-17,20,22,24-25H,7,10,13-14H2,1-3H3/t16?,17?,20-,22-/m0/s1. The molecule has 0 bridgehead atoms. The molecular weight excluding hydrogens is 320 g/mol. The number of rotatable bonds is 4. The summed E-state index contributed by atoms with van der Waals surface area (Å²) in [6, 6.07) is 16.1. The van der Waals surface area contributed by atoms with Crippen molar-refractivity contribution >= 4 is 0 Å². The molecule has 1 saturated heterocycles. The minimum atomic E-state index is 0.262. The Morgan fingerprint density at radius 3 is 2.73 bits per heavy atom. The molecule has 0 amide bonds. The molecule has 2 heterocycles. The number of fused-ring (bicyclic) bond motifs is 1. The highest BCUT2D eigenvalue weighted by atomic mass is 16.5. The molecule has 0 saturated carbocycles. The molecule has 2 aromatic rings. The Labute approximate surface area is 157 Å². The summed E-state index contributed by atoms with van der Waals surface area (Å²) in [6.45, 7) is 8.60. The Balaban J connectivity index is 1.52. The highest BCUT2D eigenvalue weighted by molar-refractivity contribution is 5.51. The molecule has 0 aliphatic carbocycles. The third kappa shape index (κ3) is 3.26. The molecule has 2 unspecified atom stereocenters. The number of ether oxygens (including phenoxy) is 1. The Kier molecular flexibility index (Phi) is 5.01. The predicted molar refractivity (Wildman–Crippen MR) is 107 cm³/mol. The van der Waals surface area contributed by atoms with E-state index in [-0.39, 0.29) is 6.10 Å². The molecule has 26 heavy (non-hydrogen) atoms. The highest BCUT2D eigenvalue weighted by Gasteiger charge is 2.31. The van der Waals surface area contributed by atoms with Crippen LogP contribution in [0.25, 0.3) is 0 Å². The molecule has 0 radical (unpaired) electrons. The lowest BCUT2D eigenvalue weighted by atomic mass is 9.91. The van der Waals surface area contributed by atoms with Crippen molar-refractivity contribution in [1.29, 1.82) is 0 Å². The lowest BCUT2D eigenvalue weighted by Crippen LogP contribution is -2.45. The fraction of sp³-hybridized carbons (Fsp3) is 0.478. The number of piperidine rings is 1. The summed E-state index contributed by atoms with van der Waals surface area (Å²) in [6.07, 6.45) is 2.68. The van der Waals surface area contributed by atoms with E-state index in [2.05, 4.69) is 73.9 Å². The van der Waals surface area contributed by atoms with Gasteiger partial charge in [-0.2, -0.15) is 0 Å². The molecular formula is C23H30N2O. The average Bonchev–Trinajstić information content (AvgIpc) is 2.98. The van der Waals surface area contributed by atoms with E-state index in [1.54, 1.807) is 0 Å². The predicted octanol–water partition coefficient (Wildman–Crippen LogP) is 4.46. The quantitative estimate of drug-likeness (QED) is 0.854.